The maximum atomic E-state index is 12.3. The van der Waals surface area contributed by atoms with Crippen LogP contribution in [0.2, 0.25) is 0 Å². The standard InChI is InChI=1S/C14H17F3O/c1-9(2)10-6-11(13(3)4-5-13)8-12(7-10)18-14(15,16)17/h6-9H,4-5H2,1-3H3. The number of alkyl halides is 3. The SMILES string of the molecule is CC(C)c1cc(OC(F)(F)F)cc(C2(C)CC2)c1. The molecular formula is C14H17F3O. The molecule has 2 rings (SSSR count). The summed E-state index contributed by atoms with van der Waals surface area (Å²) in [5.74, 6) is 0.0831. The van der Waals surface area contributed by atoms with Gasteiger partial charge in [0.1, 0.15) is 5.75 Å². The van der Waals surface area contributed by atoms with Crippen molar-refractivity contribution >= 4 is 0 Å². The second-order valence-corrected chi connectivity index (χ2v) is 5.55. The molecule has 0 aliphatic heterocycles. The van der Waals surface area contributed by atoms with Crippen molar-refractivity contribution < 1.29 is 17.9 Å². The highest BCUT2D eigenvalue weighted by molar-refractivity contribution is 5.41. The lowest BCUT2D eigenvalue weighted by molar-refractivity contribution is -0.274. The minimum absolute atomic E-state index is 0.0363. The molecular weight excluding hydrogens is 241 g/mol. The molecule has 1 saturated carbocycles. The van der Waals surface area contributed by atoms with E-state index in [1.54, 1.807) is 0 Å². The van der Waals surface area contributed by atoms with Gasteiger partial charge in [0, 0.05) is 0 Å². The van der Waals surface area contributed by atoms with Crippen molar-refractivity contribution in [1.82, 2.24) is 0 Å². The Labute approximate surface area is 105 Å². The highest BCUT2D eigenvalue weighted by Gasteiger charge is 2.40. The first kappa shape index (κ1) is 13.2. The predicted molar refractivity (Wildman–Crippen MR) is 63.8 cm³/mol. The fraction of sp³-hybridized carbons (Fsp3) is 0.571. The minimum atomic E-state index is -4.63. The molecule has 1 aliphatic rings. The van der Waals surface area contributed by atoms with Gasteiger partial charge in [-0.3, -0.25) is 0 Å². The molecule has 0 aromatic heterocycles. The van der Waals surface area contributed by atoms with Crippen LogP contribution >= 0.6 is 0 Å². The molecule has 0 heterocycles. The maximum absolute atomic E-state index is 12.3. The Morgan fingerprint density at radius 3 is 2.22 bits per heavy atom. The highest BCUT2D eigenvalue weighted by Crippen LogP contribution is 2.49. The molecule has 1 aliphatic carbocycles. The van der Waals surface area contributed by atoms with E-state index in [-0.39, 0.29) is 17.1 Å². The average Bonchev–Trinajstić information content (AvgIpc) is 2.94. The summed E-state index contributed by atoms with van der Waals surface area (Å²) in [6.45, 7) is 6.00. The zero-order chi connectivity index (χ0) is 13.6. The Morgan fingerprint density at radius 1 is 1.17 bits per heavy atom. The van der Waals surface area contributed by atoms with E-state index in [0.29, 0.717) is 0 Å². The molecule has 1 fully saturated rings. The molecule has 0 amide bonds. The van der Waals surface area contributed by atoms with Crippen molar-refractivity contribution in [3.8, 4) is 5.75 Å². The molecule has 1 aromatic rings. The van der Waals surface area contributed by atoms with Gasteiger partial charge in [0.15, 0.2) is 0 Å². The average molecular weight is 258 g/mol. The Balaban J connectivity index is 2.37. The first-order chi connectivity index (χ1) is 8.20. The summed E-state index contributed by atoms with van der Waals surface area (Å²) in [6.07, 6.45) is -2.57. The molecule has 4 heteroatoms. The smallest absolute Gasteiger partial charge is 0.406 e. The lowest BCUT2D eigenvalue weighted by atomic mass is 9.92. The number of benzene rings is 1. The van der Waals surface area contributed by atoms with Crippen molar-refractivity contribution in [2.75, 3.05) is 0 Å². The first-order valence-electron chi connectivity index (χ1n) is 6.11. The van der Waals surface area contributed by atoms with Gasteiger partial charge in [0.2, 0.25) is 0 Å². The van der Waals surface area contributed by atoms with Gasteiger partial charge in [0.05, 0.1) is 0 Å². The highest BCUT2D eigenvalue weighted by atomic mass is 19.4. The first-order valence-corrected chi connectivity index (χ1v) is 6.11. The third kappa shape index (κ3) is 2.98. The van der Waals surface area contributed by atoms with Crippen molar-refractivity contribution in [3.63, 3.8) is 0 Å². The van der Waals surface area contributed by atoms with E-state index in [9.17, 15) is 13.2 Å². The number of rotatable bonds is 3. The molecule has 0 unspecified atom stereocenters. The third-order valence-corrected chi connectivity index (χ3v) is 3.53. The summed E-state index contributed by atoms with van der Waals surface area (Å²) < 4.78 is 40.9. The fourth-order valence-electron chi connectivity index (χ4n) is 1.97. The van der Waals surface area contributed by atoms with Gasteiger partial charge in [-0.15, -0.1) is 13.2 Å². The van der Waals surface area contributed by atoms with Crippen LogP contribution in [0.15, 0.2) is 18.2 Å². The summed E-state index contributed by atoms with van der Waals surface area (Å²) in [5.41, 5.74) is 1.88. The van der Waals surface area contributed by atoms with Crippen molar-refractivity contribution in [1.29, 1.82) is 0 Å². The normalized spacial score (nSPS) is 17.9. The summed E-state index contributed by atoms with van der Waals surface area (Å²) in [5, 5.41) is 0. The van der Waals surface area contributed by atoms with Gasteiger partial charge in [-0.25, -0.2) is 0 Å². The van der Waals surface area contributed by atoms with Gasteiger partial charge >= 0.3 is 6.36 Å². The zero-order valence-corrected chi connectivity index (χ0v) is 10.8. The molecule has 0 N–H and O–H groups in total. The van der Waals surface area contributed by atoms with Crippen LogP contribution in [-0.2, 0) is 5.41 Å². The van der Waals surface area contributed by atoms with Gasteiger partial charge in [0.25, 0.3) is 0 Å². The number of halogens is 3. The number of ether oxygens (including phenoxy) is 1. The molecule has 0 radical (unpaired) electrons. The van der Waals surface area contributed by atoms with Crippen LogP contribution in [0.1, 0.15) is 50.7 Å². The molecule has 0 saturated heterocycles. The Hall–Kier alpha value is -1.19. The lowest BCUT2D eigenvalue weighted by Crippen LogP contribution is -2.17. The van der Waals surface area contributed by atoms with Crippen molar-refractivity contribution in [3.05, 3.63) is 29.3 Å². The van der Waals surface area contributed by atoms with Crippen LogP contribution in [0.5, 0.6) is 5.75 Å². The van der Waals surface area contributed by atoms with Gasteiger partial charge < -0.3 is 4.74 Å². The lowest BCUT2D eigenvalue weighted by Gasteiger charge is -2.17. The van der Waals surface area contributed by atoms with E-state index in [4.69, 9.17) is 0 Å². The van der Waals surface area contributed by atoms with Crippen LogP contribution in [0.3, 0.4) is 0 Å². The zero-order valence-electron chi connectivity index (χ0n) is 10.8. The summed E-state index contributed by atoms with van der Waals surface area (Å²) >= 11 is 0. The van der Waals surface area contributed by atoms with E-state index in [0.717, 1.165) is 24.0 Å². The van der Waals surface area contributed by atoms with Crippen molar-refractivity contribution in [2.45, 2.75) is 51.3 Å². The van der Waals surface area contributed by atoms with E-state index >= 15 is 0 Å². The maximum Gasteiger partial charge on any atom is 0.573 e. The minimum Gasteiger partial charge on any atom is -0.406 e. The summed E-state index contributed by atoms with van der Waals surface area (Å²) in [4.78, 5) is 0. The Kier molecular flexibility index (Phi) is 3.07. The molecule has 1 nitrogen and oxygen atoms in total. The molecule has 0 bridgehead atoms. The second-order valence-electron chi connectivity index (χ2n) is 5.55. The van der Waals surface area contributed by atoms with Gasteiger partial charge in [-0.1, -0.05) is 26.8 Å². The van der Waals surface area contributed by atoms with Crippen LogP contribution in [0, 0.1) is 0 Å². The third-order valence-electron chi connectivity index (χ3n) is 3.53. The molecule has 18 heavy (non-hydrogen) atoms. The summed E-state index contributed by atoms with van der Waals surface area (Å²) in [6, 6.07) is 5.00. The van der Waals surface area contributed by atoms with Crippen LogP contribution in [0.4, 0.5) is 13.2 Å². The quantitative estimate of drug-likeness (QED) is 0.759. The fourth-order valence-corrected chi connectivity index (χ4v) is 1.97. The summed E-state index contributed by atoms with van der Waals surface area (Å²) in [7, 11) is 0. The van der Waals surface area contributed by atoms with E-state index in [2.05, 4.69) is 11.7 Å². The largest absolute Gasteiger partial charge is 0.573 e. The monoisotopic (exact) mass is 258 g/mol. The van der Waals surface area contributed by atoms with E-state index in [1.165, 1.54) is 12.1 Å². The molecule has 0 spiro atoms. The molecule has 0 atom stereocenters. The Morgan fingerprint density at radius 2 is 1.78 bits per heavy atom. The van der Waals surface area contributed by atoms with Crippen LogP contribution in [-0.4, -0.2) is 6.36 Å². The van der Waals surface area contributed by atoms with Crippen molar-refractivity contribution in [2.24, 2.45) is 0 Å². The van der Waals surface area contributed by atoms with Crippen LogP contribution < -0.4 is 4.74 Å². The molecule has 1 aromatic carbocycles. The Bertz CT molecular complexity index is 445. The van der Waals surface area contributed by atoms with Gasteiger partial charge in [-0.05, 0) is 47.4 Å². The topological polar surface area (TPSA) is 9.23 Å². The van der Waals surface area contributed by atoms with Gasteiger partial charge in [-0.2, -0.15) is 0 Å². The van der Waals surface area contributed by atoms with Crippen LogP contribution in [0.25, 0.3) is 0 Å². The van der Waals surface area contributed by atoms with E-state index < -0.39 is 6.36 Å². The second kappa shape index (κ2) is 4.18. The van der Waals surface area contributed by atoms with E-state index in [1.807, 2.05) is 19.9 Å². The molecule has 100 valence electrons. The number of hydrogen-bond acceptors (Lipinski definition) is 1. The number of hydrogen-bond donors (Lipinski definition) is 0. The predicted octanol–water partition coefficient (Wildman–Crippen LogP) is 4.76.